The summed E-state index contributed by atoms with van der Waals surface area (Å²) < 4.78 is 37.6. The van der Waals surface area contributed by atoms with Crippen molar-refractivity contribution in [3.8, 4) is 0 Å². The van der Waals surface area contributed by atoms with Crippen LogP contribution in [0.2, 0.25) is 0 Å². The highest BCUT2D eigenvalue weighted by atomic mass is 19.4. The number of nitrogens with one attached hydrogen (secondary N) is 1. The van der Waals surface area contributed by atoms with Crippen molar-refractivity contribution in [3.63, 3.8) is 0 Å². The summed E-state index contributed by atoms with van der Waals surface area (Å²) >= 11 is 0. The number of aromatic nitrogens is 1. The second-order valence-electron chi connectivity index (χ2n) is 3.09. The van der Waals surface area contributed by atoms with Crippen LogP contribution in [0.5, 0.6) is 0 Å². The fourth-order valence-corrected chi connectivity index (χ4v) is 1.51. The van der Waals surface area contributed by atoms with Crippen LogP contribution in [0.25, 0.3) is 10.9 Å². The molecule has 1 heterocycles. The molecule has 0 bridgehead atoms. The first kappa shape index (κ1) is 9.76. The average Bonchev–Trinajstić information content (AvgIpc) is 2.58. The molecule has 0 aliphatic rings. The average molecular weight is 213 g/mol. The highest BCUT2D eigenvalue weighted by molar-refractivity contribution is 5.98. The fourth-order valence-electron chi connectivity index (χ4n) is 1.51. The number of para-hydroxylation sites is 1. The molecule has 0 aliphatic heterocycles. The van der Waals surface area contributed by atoms with E-state index in [1.165, 1.54) is 18.3 Å². The van der Waals surface area contributed by atoms with Gasteiger partial charge < -0.3 is 4.98 Å². The van der Waals surface area contributed by atoms with Crippen LogP contribution in [0.4, 0.5) is 13.2 Å². The SMILES string of the molecule is O=Cc1c[nH]c2c(C(F)(F)F)cccc12. The number of carbonyl (C=O) groups is 1. The maximum atomic E-state index is 12.5. The summed E-state index contributed by atoms with van der Waals surface area (Å²) in [4.78, 5) is 13.0. The molecule has 0 spiro atoms. The smallest absolute Gasteiger partial charge is 0.360 e. The summed E-state index contributed by atoms with van der Waals surface area (Å²) in [5, 5.41) is 0.292. The van der Waals surface area contributed by atoms with Gasteiger partial charge in [-0.25, -0.2) is 0 Å². The third-order valence-corrected chi connectivity index (χ3v) is 2.18. The summed E-state index contributed by atoms with van der Waals surface area (Å²) in [6.07, 6.45) is -2.61. The lowest BCUT2D eigenvalue weighted by molar-refractivity contribution is -0.136. The predicted molar refractivity (Wildman–Crippen MR) is 48.7 cm³/mol. The second kappa shape index (κ2) is 3.12. The molecule has 0 aliphatic carbocycles. The lowest BCUT2D eigenvalue weighted by Crippen LogP contribution is -2.05. The van der Waals surface area contributed by atoms with Gasteiger partial charge in [0.15, 0.2) is 6.29 Å². The molecule has 0 fully saturated rings. The number of rotatable bonds is 1. The predicted octanol–water partition coefficient (Wildman–Crippen LogP) is 3.00. The van der Waals surface area contributed by atoms with Gasteiger partial charge in [-0.2, -0.15) is 13.2 Å². The zero-order valence-corrected chi connectivity index (χ0v) is 7.43. The Labute approximate surface area is 82.7 Å². The molecule has 0 unspecified atom stereocenters. The third-order valence-electron chi connectivity index (χ3n) is 2.18. The van der Waals surface area contributed by atoms with Gasteiger partial charge in [-0.15, -0.1) is 0 Å². The lowest BCUT2D eigenvalue weighted by Gasteiger charge is -2.07. The number of aldehydes is 1. The van der Waals surface area contributed by atoms with Crippen molar-refractivity contribution in [2.24, 2.45) is 0 Å². The highest BCUT2D eigenvalue weighted by Crippen LogP contribution is 2.34. The van der Waals surface area contributed by atoms with Gasteiger partial charge in [-0.05, 0) is 6.07 Å². The number of halogens is 3. The van der Waals surface area contributed by atoms with Crippen molar-refractivity contribution in [1.82, 2.24) is 4.98 Å². The van der Waals surface area contributed by atoms with Crippen LogP contribution in [-0.2, 0) is 6.18 Å². The van der Waals surface area contributed by atoms with Crippen LogP contribution in [0, 0.1) is 0 Å². The number of alkyl halides is 3. The van der Waals surface area contributed by atoms with E-state index < -0.39 is 11.7 Å². The fraction of sp³-hybridized carbons (Fsp3) is 0.100. The van der Waals surface area contributed by atoms with Crippen molar-refractivity contribution in [3.05, 3.63) is 35.5 Å². The number of hydrogen-bond donors (Lipinski definition) is 1. The maximum absolute atomic E-state index is 12.5. The Morgan fingerprint density at radius 3 is 2.60 bits per heavy atom. The lowest BCUT2D eigenvalue weighted by atomic mass is 10.1. The first-order chi connectivity index (χ1) is 7.04. The molecular weight excluding hydrogens is 207 g/mol. The van der Waals surface area contributed by atoms with Crippen molar-refractivity contribution >= 4 is 17.2 Å². The first-order valence-corrected chi connectivity index (χ1v) is 4.16. The molecule has 2 aromatic rings. The number of H-pyrrole nitrogens is 1. The Morgan fingerprint density at radius 1 is 1.27 bits per heavy atom. The van der Waals surface area contributed by atoms with Crippen molar-refractivity contribution in [2.75, 3.05) is 0 Å². The first-order valence-electron chi connectivity index (χ1n) is 4.16. The number of benzene rings is 1. The normalized spacial score (nSPS) is 11.9. The van der Waals surface area contributed by atoms with E-state index in [9.17, 15) is 18.0 Å². The molecular formula is C10H6F3NO. The minimum atomic E-state index is -4.41. The Hall–Kier alpha value is -1.78. The van der Waals surface area contributed by atoms with Crippen LogP contribution in [-0.4, -0.2) is 11.3 Å². The van der Waals surface area contributed by atoms with Crippen LogP contribution >= 0.6 is 0 Å². The van der Waals surface area contributed by atoms with E-state index in [4.69, 9.17) is 0 Å². The van der Waals surface area contributed by atoms with Crippen molar-refractivity contribution in [2.45, 2.75) is 6.18 Å². The minimum Gasteiger partial charge on any atom is -0.360 e. The van der Waals surface area contributed by atoms with Crippen LogP contribution < -0.4 is 0 Å². The van der Waals surface area contributed by atoms with Gasteiger partial charge >= 0.3 is 6.18 Å². The van der Waals surface area contributed by atoms with E-state index in [0.29, 0.717) is 11.7 Å². The van der Waals surface area contributed by atoms with E-state index in [0.717, 1.165) is 6.07 Å². The molecule has 0 saturated heterocycles. The maximum Gasteiger partial charge on any atom is 0.418 e. The highest BCUT2D eigenvalue weighted by Gasteiger charge is 2.33. The molecule has 1 aromatic carbocycles. The Balaban J connectivity index is 2.78. The van der Waals surface area contributed by atoms with E-state index in [1.54, 1.807) is 0 Å². The van der Waals surface area contributed by atoms with Crippen LogP contribution in [0.3, 0.4) is 0 Å². The Bertz CT molecular complexity index is 513. The van der Waals surface area contributed by atoms with E-state index in [2.05, 4.69) is 4.98 Å². The summed E-state index contributed by atoms with van der Waals surface area (Å²) in [5.74, 6) is 0. The summed E-state index contributed by atoms with van der Waals surface area (Å²) in [5.41, 5.74) is -0.573. The number of aromatic amines is 1. The third kappa shape index (κ3) is 1.49. The molecule has 0 atom stereocenters. The largest absolute Gasteiger partial charge is 0.418 e. The zero-order chi connectivity index (χ0) is 11.1. The number of hydrogen-bond acceptors (Lipinski definition) is 1. The standard InChI is InChI=1S/C10H6F3NO/c11-10(12,13)8-3-1-2-7-6(5-15)4-14-9(7)8/h1-5,14H. The van der Waals surface area contributed by atoms with E-state index >= 15 is 0 Å². The van der Waals surface area contributed by atoms with Gasteiger partial charge in [0.2, 0.25) is 0 Å². The summed E-state index contributed by atoms with van der Waals surface area (Å²) in [6, 6.07) is 3.74. The quantitative estimate of drug-likeness (QED) is 0.725. The minimum absolute atomic E-state index is 0.0490. The molecule has 0 radical (unpaired) electrons. The molecule has 2 rings (SSSR count). The Kier molecular flexibility index (Phi) is 2.03. The number of carbonyl (C=O) groups excluding carboxylic acids is 1. The molecule has 1 aromatic heterocycles. The summed E-state index contributed by atoms with van der Waals surface area (Å²) in [7, 11) is 0. The molecule has 78 valence electrons. The van der Waals surface area contributed by atoms with Crippen LogP contribution in [0.1, 0.15) is 15.9 Å². The molecule has 2 nitrogen and oxygen atoms in total. The summed E-state index contributed by atoms with van der Waals surface area (Å²) in [6.45, 7) is 0. The second-order valence-corrected chi connectivity index (χ2v) is 3.09. The van der Waals surface area contributed by atoms with Gasteiger partial charge in [0.25, 0.3) is 0 Å². The number of fused-ring (bicyclic) bond motifs is 1. The molecule has 15 heavy (non-hydrogen) atoms. The Morgan fingerprint density at radius 2 is 2.00 bits per heavy atom. The van der Waals surface area contributed by atoms with E-state index in [1.807, 2.05) is 0 Å². The zero-order valence-electron chi connectivity index (χ0n) is 7.43. The van der Waals surface area contributed by atoms with Gasteiger partial charge in [0.05, 0.1) is 11.1 Å². The molecule has 0 amide bonds. The van der Waals surface area contributed by atoms with Gasteiger partial charge in [-0.1, -0.05) is 12.1 Å². The van der Waals surface area contributed by atoms with Crippen LogP contribution in [0.15, 0.2) is 24.4 Å². The van der Waals surface area contributed by atoms with E-state index in [-0.39, 0.29) is 11.1 Å². The van der Waals surface area contributed by atoms with Crippen molar-refractivity contribution < 1.29 is 18.0 Å². The van der Waals surface area contributed by atoms with Crippen molar-refractivity contribution in [1.29, 1.82) is 0 Å². The molecule has 1 N–H and O–H groups in total. The monoisotopic (exact) mass is 213 g/mol. The topological polar surface area (TPSA) is 32.9 Å². The molecule has 5 heteroatoms. The van der Waals surface area contributed by atoms with Gasteiger partial charge in [0, 0.05) is 17.1 Å². The molecule has 0 saturated carbocycles. The van der Waals surface area contributed by atoms with Gasteiger partial charge in [-0.3, -0.25) is 4.79 Å². The van der Waals surface area contributed by atoms with Gasteiger partial charge in [0.1, 0.15) is 0 Å².